The molecule has 0 amide bonds. The summed E-state index contributed by atoms with van der Waals surface area (Å²) in [6, 6.07) is 8.03. The molecule has 22 heavy (non-hydrogen) atoms. The van der Waals surface area contributed by atoms with Gasteiger partial charge in [0, 0.05) is 16.0 Å². The third-order valence-corrected chi connectivity index (χ3v) is 5.41. The Morgan fingerprint density at radius 3 is 2.18 bits per heavy atom. The molecule has 3 nitrogen and oxygen atoms in total. The van der Waals surface area contributed by atoms with E-state index in [2.05, 4.69) is 38.7 Å². The van der Waals surface area contributed by atoms with Crippen LogP contribution in [0.15, 0.2) is 29.2 Å². The fourth-order valence-corrected chi connectivity index (χ4v) is 4.11. The van der Waals surface area contributed by atoms with Gasteiger partial charge in [-0.3, -0.25) is 4.90 Å². The number of aliphatic hydroxyl groups excluding tert-OH is 1. The topological polar surface area (TPSA) is 32.7 Å². The Bertz CT molecular complexity index is 498. The van der Waals surface area contributed by atoms with Crippen LogP contribution in [-0.2, 0) is 0 Å². The van der Waals surface area contributed by atoms with Crippen molar-refractivity contribution in [3.63, 3.8) is 0 Å². The molecule has 1 N–H and O–H groups in total. The molecule has 2 rings (SSSR count). The van der Waals surface area contributed by atoms with Crippen LogP contribution < -0.4 is 4.74 Å². The van der Waals surface area contributed by atoms with E-state index in [0.29, 0.717) is 0 Å². The zero-order valence-electron chi connectivity index (χ0n) is 14.6. The molecule has 1 aliphatic rings. The molecule has 1 aromatic carbocycles. The molecule has 0 radical (unpaired) electrons. The first-order valence-electron chi connectivity index (χ1n) is 7.96. The normalized spacial score (nSPS) is 23.2. The predicted octanol–water partition coefficient (Wildman–Crippen LogP) is 4.15. The van der Waals surface area contributed by atoms with Crippen molar-refractivity contribution in [1.29, 1.82) is 0 Å². The molecule has 2 atom stereocenters. The molecule has 124 valence electrons. The molecule has 0 aromatic heterocycles. The standard InChI is InChI=1S/C18H29NO2S/c1-13(20)16(19-17(2,3)11-12-18(19,4)5)21-14-9-7-8-10-15(14)22-6/h7-10,13,16,20H,11-12H2,1-6H3. The number of hydrogen-bond donors (Lipinski definition) is 1. The highest BCUT2D eigenvalue weighted by Crippen LogP contribution is 2.43. The number of benzene rings is 1. The minimum atomic E-state index is -0.563. The second kappa shape index (κ2) is 6.42. The van der Waals surface area contributed by atoms with E-state index in [0.717, 1.165) is 23.5 Å². The third kappa shape index (κ3) is 3.44. The lowest BCUT2D eigenvalue weighted by Crippen LogP contribution is -2.59. The van der Waals surface area contributed by atoms with Gasteiger partial charge in [-0.05, 0) is 65.8 Å². The Kier molecular flexibility index (Phi) is 5.15. The minimum absolute atomic E-state index is 0.0134. The molecule has 0 aliphatic carbocycles. The fraction of sp³-hybridized carbons (Fsp3) is 0.667. The van der Waals surface area contributed by atoms with E-state index in [1.54, 1.807) is 11.8 Å². The Labute approximate surface area is 139 Å². The summed E-state index contributed by atoms with van der Waals surface area (Å²) in [5, 5.41) is 10.4. The first-order chi connectivity index (χ1) is 10.2. The van der Waals surface area contributed by atoms with Crippen molar-refractivity contribution in [3.8, 4) is 5.75 Å². The average molecular weight is 324 g/mol. The van der Waals surface area contributed by atoms with Gasteiger partial charge in [-0.25, -0.2) is 0 Å². The molecule has 1 saturated heterocycles. The van der Waals surface area contributed by atoms with Crippen molar-refractivity contribution in [2.45, 2.75) is 75.8 Å². The maximum atomic E-state index is 10.4. The van der Waals surface area contributed by atoms with Crippen LogP contribution in [0.25, 0.3) is 0 Å². The highest BCUT2D eigenvalue weighted by Gasteiger charge is 2.50. The summed E-state index contributed by atoms with van der Waals surface area (Å²) in [5.41, 5.74) is 0.0267. The van der Waals surface area contributed by atoms with Crippen molar-refractivity contribution >= 4 is 11.8 Å². The Hall–Kier alpha value is -0.710. The molecule has 0 spiro atoms. The van der Waals surface area contributed by atoms with Gasteiger partial charge in [0.15, 0.2) is 6.23 Å². The van der Waals surface area contributed by atoms with Gasteiger partial charge < -0.3 is 9.84 Å². The lowest BCUT2D eigenvalue weighted by atomic mass is 10.0. The highest BCUT2D eigenvalue weighted by atomic mass is 32.2. The number of rotatable bonds is 5. The second-order valence-electron chi connectivity index (χ2n) is 7.39. The third-order valence-electron chi connectivity index (χ3n) is 4.64. The number of ether oxygens (including phenoxy) is 1. The van der Waals surface area contributed by atoms with E-state index in [1.807, 2.05) is 31.4 Å². The van der Waals surface area contributed by atoms with Crippen LogP contribution in [0.2, 0.25) is 0 Å². The molecule has 1 aromatic rings. The molecule has 1 fully saturated rings. The van der Waals surface area contributed by atoms with Crippen molar-refractivity contribution in [1.82, 2.24) is 4.90 Å². The minimum Gasteiger partial charge on any atom is -0.471 e. The van der Waals surface area contributed by atoms with Crippen LogP contribution in [0.1, 0.15) is 47.5 Å². The van der Waals surface area contributed by atoms with Crippen LogP contribution in [0.5, 0.6) is 5.75 Å². The number of aliphatic hydroxyl groups is 1. The molecular formula is C18H29NO2S. The van der Waals surface area contributed by atoms with Crippen LogP contribution in [0.3, 0.4) is 0 Å². The lowest BCUT2D eigenvalue weighted by molar-refractivity contribution is -0.121. The van der Waals surface area contributed by atoms with Gasteiger partial charge in [-0.1, -0.05) is 12.1 Å². The van der Waals surface area contributed by atoms with Crippen molar-refractivity contribution in [2.75, 3.05) is 6.26 Å². The molecule has 2 unspecified atom stereocenters. The number of thioether (sulfide) groups is 1. The Morgan fingerprint density at radius 2 is 1.68 bits per heavy atom. The van der Waals surface area contributed by atoms with E-state index in [9.17, 15) is 5.11 Å². The molecule has 0 bridgehead atoms. The van der Waals surface area contributed by atoms with Gasteiger partial charge in [0.25, 0.3) is 0 Å². The van der Waals surface area contributed by atoms with Crippen LogP contribution in [-0.4, -0.2) is 39.7 Å². The Balaban J connectivity index is 2.34. The zero-order chi connectivity index (χ0) is 16.5. The van der Waals surface area contributed by atoms with Gasteiger partial charge in [0.1, 0.15) is 11.9 Å². The fourth-order valence-electron chi connectivity index (χ4n) is 3.57. The largest absolute Gasteiger partial charge is 0.471 e. The predicted molar refractivity (Wildman–Crippen MR) is 93.6 cm³/mol. The molecule has 1 aliphatic heterocycles. The smallest absolute Gasteiger partial charge is 0.179 e. The first-order valence-corrected chi connectivity index (χ1v) is 9.19. The van der Waals surface area contributed by atoms with Gasteiger partial charge in [-0.15, -0.1) is 11.8 Å². The SMILES string of the molecule is CSc1ccccc1OC(C(C)O)N1C(C)(C)CCC1(C)C. The van der Waals surface area contributed by atoms with E-state index < -0.39 is 6.10 Å². The van der Waals surface area contributed by atoms with Crippen LogP contribution >= 0.6 is 11.8 Å². The molecule has 4 heteroatoms. The van der Waals surface area contributed by atoms with Crippen molar-refractivity contribution in [2.24, 2.45) is 0 Å². The number of likely N-dealkylation sites (tertiary alicyclic amines) is 1. The summed E-state index contributed by atoms with van der Waals surface area (Å²) in [4.78, 5) is 3.45. The van der Waals surface area contributed by atoms with Gasteiger partial charge in [0.05, 0.1) is 0 Å². The highest BCUT2D eigenvalue weighted by molar-refractivity contribution is 7.98. The summed E-state index contributed by atoms with van der Waals surface area (Å²) >= 11 is 1.67. The van der Waals surface area contributed by atoms with Crippen molar-refractivity contribution < 1.29 is 9.84 Å². The summed E-state index contributed by atoms with van der Waals surface area (Å²) in [6.45, 7) is 10.8. The van der Waals surface area contributed by atoms with E-state index in [1.165, 1.54) is 0 Å². The maximum Gasteiger partial charge on any atom is 0.179 e. The number of hydrogen-bond acceptors (Lipinski definition) is 4. The summed E-state index contributed by atoms with van der Waals surface area (Å²) in [7, 11) is 0. The molecule has 1 heterocycles. The first kappa shape index (κ1) is 17.6. The maximum absolute atomic E-state index is 10.4. The monoisotopic (exact) mass is 323 g/mol. The van der Waals surface area contributed by atoms with E-state index >= 15 is 0 Å². The van der Waals surface area contributed by atoms with Gasteiger partial charge >= 0.3 is 0 Å². The van der Waals surface area contributed by atoms with E-state index in [-0.39, 0.29) is 17.3 Å². The second-order valence-corrected chi connectivity index (χ2v) is 8.24. The zero-order valence-corrected chi connectivity index (χ0v) is 15.4. The average Bonchev–Trinajstić information content (AvgIpc) is 2.66. The van der Waals surface area contributed by atoms with Crippen molar-refractivity contribution in [3.05, 3.63) is 24.3 Å². The van der Waals surface area contributed by atoms with E-state index in [4.69, 9.17) is 4.74 Å². The summed E-state index contributed by atoms with van der Waals surface area (Å²) in [5.74, 6) is 0.847. The number of nitrogens with zero attached hydrogens (tertiary/aromatic N) is 1. The molecular weight excluding hydrogens is 294 g/mol. The van der Waals surface area contributed by atoms with Gasteiger partial charge in [-0.2, -0.15) is 0 Å². The quantitative estimate of drug-likeness (QED) is 0.825. The van der Waals surface area contributed by atoms with Gasteiger partial charge in [0.2, 0.25) is 0 Å². The summed E-state index contributed by atoms with van der Waals surface area (Å²) in [6.07, 6.45) is 3.35. The van der Waals surface area contributed by atoms with Crippen LogP contribution in [0, 0.1) is 0 Å². The summed E-state index contributed by atoms with van der Waals surface area (Å²) < 4.78 is 6.31. The Morgan fingerprint density at radius 1 is 1.14 bits per heavy atom. The molecule has 0 saturated carbocycles. The van der Waals surface area contributed by atoms with Crippen LogP contribution in [0.4, 0.5) is 0 Å². The number of para-hydroxylation sites is 1. The lowest BCUT2D eigenvalue weighted by Gasteiger charge is -2.46.